The molecule has 4 heteroatoms. The number of rotatable bonds is 21. The van der Waals surface area contributed by atoms with Gasteiger partial charge in [-0.15, -0.1) is 0 Å². The average Bonchev–Trinajstić information content (AvgIpc) is 2.65. The van der Waals surface area contributed by atoms with Crippen LogP contribution in [0.25, 0.3) is 0 Å². The monoisotopic (exact) mass is 399 g/mol. The predicted octanol–water partition coefficient (Wildman–Crippen LogP) is 6.23. The van der Waals surface area contributed by atoms with E-state index in [0.717, 1.165) is 32.1 Å². The van der Waals surface area contributed by atoms with Crippen LogP contribution in [0.1, 0.15) is 136 Å². The van der Waals surface area contributed by atoms with Crippen molar-refractivity contribution >= 4 is 5.91 Å². The molecule has 3 N–H and O–H groups in total. The molecule has 0 aliphatic rings. The highest BCUT2D eigenvalue weighted by atomic mass is 16.3. The predicted molar refractivity (Wildman–Crippen MR) is 119 cm³/mol. The van der Waals surface area contributed by atoms with Gasteiger partial charge in [0.1, 0.15) is 6.23 Å². The van der Waals surface area contributed by atoms with E-state index in [9.17, 15) is 15.0 Å². The molecule has 0 aliphatic heterocycles. The highest BCUT2D eigenvalue weighted by molar-refractivity contribution is 5.75. The molecule has 0 aromatic rings. The molecule has 4 nitrogen and oxygen atoms in total. The van der Waals surface area contributed by atoms with Crippen LogP contribution in [-0.2, 0) is 4.79 Å². The number of amides is 1. The first-order chi connectivity index (χ1) is 13.6. The van der Waals surface area contributed by atoms with Crippen molar-refractivity contribution in [3.63, 3.8) is 0 Å². The Labute approximate surface area is 174 Å². The molecule has 1 amide bonds. The molecule has 0 aromatic heterocycles. The van der Waals surface area contributed by atoms with Crippen LogP contribution in [0.4, 0.5) is 0 Å². The quantitative estimate of drug-likeness (QED) is 0.158. The fraction of sp³-hybridized carbons (Fsp3) is 0.958. The fourth-order valence-corrected chi connectivity index (χ4v) is 3.63. The lowest BCUT2D eigenvalue weighted by molar-refractivity contribution is -0.124. The van der Waals surface area contributed by atoms with Crippen LogP contribution in [0.3, 0.4) is 0 Å². The van der Waals surface area contributed by atoms with Gasteiger partial charge in [0.05, 0.1) is 6.10 Å². The van der Waals surface area contributed by atoms with E-state index in [2.05, 4.69) is 19.2 Å². The second-order valence-electron chi connectivity index (χ2n) is 8.46. The summed E-state index contributed by atoms with van der Waals surface area (Å²) in [5, 5.41) is 22.4. The van der Waals surface area contributed by atoms with Crippen molar-refractivity contribution in [3.05, 3.63) is 0 Å². The summed E-state index contributed by atoms with van der Waals surface area (Å²) in [6, 6.07) is 0. The van der Waals surface area contributed by atoms with Crippen LogP contribution in [-0.4, -0.2) is 28.5 Å². The van der Waals surface area contributed by atoms with Crippen LogP contribution in [0.5, 0.6) is 0 Å². The SMILES string of the molecule is CCCCCCCCCCCCCCCC(O)CC(O)NC(=O)CCCCC. The summed E-state index contributed by atoms with van der Waals surface area (Å²) in [7, 11) is 0. The number of carbonyl (C=O) groups excluding carboxylic acids is 1. The molecule has 2 atom stereocenters. The maximum atomic E-state index is 11.6. The third-order valence-corrected chi connectivity index (χ3v) is 5.47. The minimum Gasteiger partial charge on any atom is -0.393 e. The zero-order valence-corrected chi connectivity index (χ0v) is 18.9. The molecule has 0 saturated heterocycles. The molecule has 0 spiro atoms. The third kappa shape index (κ3) is 20.1. The molecule has 0 aliphatic carbocycles. The second kappa shape index (κ2) is 21.1. The first-order valence-corrected chi connectivity index (χ1v) is 12.3. The van der Waals surface area contributed by atoms with E-state index in [0.29, 0.717) is 12.8 Å². The Morgan fingerprint density at radius 3 is 1.61 bits per heavy atom. The Bertz CT molecular complexity index is 336. The number of hydrogen-bond donors (Lipinski definition) is 3. The highest BCUT2D eigenvalue weighted by Crippen LogP contribution is 2.14. The van der Waals surface area contributed by atoms with Crippen LogP contribution >= 0.6 is 0 Å². The lowest BCUT2D eigenvalue weighted by atomic mass is 10.0. The molecule has 0 fully saturated rings. The number of hydrogen-bond acceptors (Lipinski definition) is 3. The molecular formula is C24H49NO3. The van der Waals surface area contributed by atoms with Gasteiger partial charge in [-0.2, -0.15) is 0 Å². The van der Waals surface area contributed by atoms with Crippen molar-refractivity contribution < 1.29 is 15.0 Å². The molecule has 2 unspecified atom stereocenters. The molecular weight excluding hydrogens is 350 g/mol. The van der Waals surface area contributed by atoms with E-state index in [1.54, 1.807) is 0 Å². The van der Waals surface area contributed by atoms with Crippen LogP contribution in [0.2, 0.25) is 0 Å². The van der Waals surface area contributed by atoms with E-state index in [1.165, 1.54) is 70.6 Å². The van der Waals surface area contributed by atoms with Crippen LogP contribution in [0, 0.1) is 0 Å². The van der Waals surface area contributed by atoms with Gasteiger partial charge in [0.2, 0.25) is 5.91 Å². The highest BCUT2D eigenvalue weighted by Gasteiger charge is 2.13. The molecule has 0 saturated carbocycles. The van der Waals surface area contributed by atoms with E-state index in [-0.39, 0.29) is 12.3 Å². The Morgan fingerprint density at radius 2 is 1.11 bits per heavy atom. The zero-order valence-electron chi connectivity index (χ0n) is 18.9. The molecule has 28 heavy (non-hydrogen) atoms. The summed E-state index contributed by atoms with van der Waals surface area (Å²) in [4.78, 5) is 11.6. The van der Waals surface area contributed by atoms with E-state index in [1.807, 2.05) is 0 Å². The smallest absolute Gasteiger partial charge is 0.221 e. The molecule has 0 aromatic carbocycles. The first kappa shape index (κ1) is 27.4. The topological polar surface area (TPSA) is 69.6 Å². The van der Waals surface area contributed by atoms with Crippen molar-refractivity contribution in [2.45, 2.75) is 148 Å². The minimum absolute atomic E-state index is 0.117. The Hall–Kier alpha value is -0.610. The van der Waals surface area contributed by atoms with Gasteiger partial charge in [0, 0.05) is 12.8 Å². The summed E-state index contributed by atoms with van der Waals surface area (Å²) >= 11 is 0. The van der Waals surface area contributed by atoms with Gasteiger partial charge in [0.15, 0.2) is 0 Å². The van der Waals surface area contributed by atoms with Crippen molar-refractivity contribution in [2.24, 2.45) is 0 Å². The molecule has 0 heterocycles. The Morgan fingerprint density at radius 1 is 0.679 bits per heavy atom. The van der Waals surface area contributed by atoms with E-state index >= 15 is 0 Å². The summed E-state index contributed by atoms with van der Waals surface area (Å²) in [6.07, 6.45) is 20.0. The molecule has 0 radical (unpaired) electrons. The summed E-state index contributed by atoms with van der Waals surface area (Å²) in [5.74, 6) is -0.117. The van der Waals surface area contributed by atoms with Crippen molar-refractivity contribution in [2.75, 3.05) is 0 Å². The van der Waals surface area contributed by atoms with Crippen molar-refractivity contribution in [1.29, 1.82) is 0 Å². The van der Waals surface area contributed by atoms with Gasteiger partial charge >= 0.3 is 0 Å². The molecule has 0 bridgehead atoms. The van der Waals surface area contributed by atoms with Crippen molar-refractivity contribution in [1.82, 2.24) is 5.32 Å². The number of aliphatic hydroxyl groups excluding tert-OH is 2. The minimum atomic E-state index is -0.925. The number of carbonyl (C=O) groups is 1. The summed E-state index contributed by atoms with van der Waals surface area (Å²) in [6.45, 7) is 4.36. The van der Waals surface area contributed by atoms with Crippen molar-refractivity contribution in [3.8, 4) is 0 Å². The van der Waals surface area contributed by atoms with Gasteiger partial charge in [-0.1, -0.05) is 110 Å². The van der Waals surface area contributed by atoms with E-state index < -0.39 is 12.3 Å². The number of aliphatic hydroxyl groups is 2. The van der Waals surface area contributed by atoms with Gasteiger partial charge in [-0.05, 0) is 12.8 Å². The Balaban J connectivity index is 3.38. The maximum Gasteiger partial charge on any atom is 0.221 e. The summed E-state index contributed by atoms with van der Waals surface area (Å²) < 4.78 is 0. The summed E-state index contributed by atoms with van der Waals surface area (Å²) in [5.41, 5.74) is 0. The number of nitrogens with one attached hydrogen (secondary N) is 1. The molecule has 0 rings (SSSR count). The maximum absolute atomic E-state index is 11.6. The first-order valence-electron chi connectivity index (χ1n) is 12.3. The van der Waals surface area contributed by atoms with Gasteiger partial charge in [0.25, 0.3) is 0 Å². The normalized spacial score (nSPS) is 13.4. The second-order valence-corrected chi connectivity index (χ2v) is 8.46. The number of unbranched alkanes of at least 4 members (excludes halogenated alkanes) is 14. The lowest BCUT2D eigenvalue weighted by Crippen LogP contribution is -2.37. The van der Waals surface area contributed by atoms with Gasteiger partial charge < -0.3 is 15.5 Å². The van der Waals surface area contributed by atoms with Gasteiger partial charge in [-0.25, -0.2) is 0 Å². The average molecular weight is 400 g/mol. The van der Waals surface area contributed by atoms with Gasteiger partial charge in [-0.3, -0.25) is 4.79 Å². The lowest BCUT2D eigenvalue weighted by Gasteiger charge is -2.17. The van der Waals surface area contributed by atoms with Crippen LogP contribution < -0.4 is 5.32 Å². The third-order valence-electron chi connectivity index (χ3n) is 5.47. The van der Waals surface area contributed by atoms with E-state index in [4.69, 9.17) is 0 Å². The fourth-order valence-electron chi connectivity index (χ4n) is 3.63. The zero-order chi connectivity index (χ0) is 20.9. The Kier molecular flexibility index (Phi) is 20.6. The molecule has 168 valence electrons. The van der Waals surface area contributed by atoms with Crippen LogP contribution in [0.15, 0.2) is 0 Å². The largest absolute Gasteiger partial charge is 0.393 e. The standard InChI is InChI=1S/C24H49NO3/c1-3-5-7-8-9-10-11-12-13-14-15-16-18-19-22(26)21-24(28)25-23(27)20-17-6-4-2/h22,24,26,28H,3-21H2,1-2H3,(H,25,27).